The highest BCUT2D eigenvalue weighted by molar-refractivity contribution is 5.94. The number of phenolic OH excluding ortho intramolecular Hbond substituents is 1. The lowest BCUT2D eigenvalue weighted by Crippen LogP contribution is -2.34. The average Bonchev–Trinajstić information content (AvgIpc) is 3.07. The molecular weight excluding hydrogens is 320 g/mol. The van der Waals surface area contributed by atoms with Crippen LogP contribution in [0.25, 0.3) is 0 Å². The van der Waals surface area contributed by atoms with E-state index in [4.69, 9.17) is 4.42 Å². The van der Waals surface area contributed by atoms with E-state index in [1.165, 1.54) is 24.6 Å². The quantitative estimate of drug-likeness (QED) is 0.404. The van der Waals surface area contributed by atoms with E-state index in [0.717, 1.165) is 12.1 Å². The molecule has 0 atom stereocenters. The SMILES string of the molecule is O=C(CNC(=O)c1ccco1)NN=Cc1ccc([N+](=O)[O-])c(O)c1. The maximum atomic E-state index is 11.5. The lowest BCUT2D eigenvalue weighted by Gasteiger charge is -2.02. The summed E-state index contributed by atoms with van der Waals surface area (Å²) >= 11 is 0. The van der Waals surface area contributed by atoms with Crippen molar-refractivity contribution in [1.82, 2.24) is 10.7 Å². The number of amides is 2. The Morgan fingerprint density at radius 2 is 2.17 bits per heavy atom. The van der Waals surface area contributed by atoms with Crippen LogP contribution in [0.2, 0.25) is 0 Å². The van der Waals surface area contributed by atoms with Gasteiger partial charge >= 0.3 is 5.69 Å². The summed E-state index contributed by atoms with van der Waals surface area (Å²) in [5.74, 6) is -1.56. The van der Waals surface area contributed by atoms with Crippen LogP contribution < -0.4 is 10.7 Å². The molecule has 0 fully saturated rings. The van der Waals surface area contributed by atoms with Gasteiger partial charge in [0.15, 0.2) is 11.5 Å². The maximum Gasteiger partial charge on any atom is 0.310 e. The Kier molecular flexibility index (Phi) is 5.24. The summed E-state index contributed by atoms with van der Waals surface area (Å²) in [4.78, 5) is 32.9. The Bertz CT molecular complexity index is 785. The molecule has 0 aliphatic carbocycles. The number of nitrogens with one attached hydrogen (secondary N) is 2. The molecule has 0 bridgehead atoms. The number of phenols is 1. The van der Waals surface area contributed by atoms with Crippen molar-refractivity contribution in [3.63, 3.8) is 0 Å². The van der Waals surface area contributed by atoms with E-state index in [1.807, 2.05) is 0 Å². The Morgan fingerprint density at radius 1 is 1.38 bits per heavy atom. The number of rotatable bonds is 6. The van der Waals surface area contributed by atoms with Gasteiger partial charge in [-0.15, -0.1) is 0 Å². The highest BCUT2D eigenvalue weighted by Crippen LogP contribution is 2.25. The van der Waals surface area contributed by atoms with E-state index in [0.29, 0.717) is 5.56 Å². The number of carbonyl (C=O) groups excluding carboxylic acids is 2. The molecule has 124 valence electrons. The summed E-state index contributed by atoms with van der Waals surface area (Å²) in [6, 6.07) is 6.59. The van der Waals surface area contributed by atoms with Crippen LogP contribution in [0.3, 0.4) is 0 Å². The van der Waals surface area contributed by atoms with Crippen molar-refractivity contribution in [2.45, 2.75) is 0 Å². The van der Waals surface area contributed by atoms with Crippen LogP contribution in [0.1, 0.15) is 16.1 Å². The van der Waals surface area contributed by atoms with Crippen molar-refractivity contribution in [2.24, 2.45) is 5.10 Å². The van der Waals surface area contributed by atoms with Gasteiger partial charge in [-0.3, -0.25) is 19.7 Å². The first-order valence-corrected chi connectivity index (χ1v) is 6.58. The lowest BCUT2D eigenvalue weighted by molar-refractivity contribution is -0.385. The molecular formula is C14H12N4O6. The van der Waals surface area contributed by atoms with Crippen molar-refractivity contribution < 1.29 is 24.0 Å². The summed E-state index contributed by atoms with van der Waals surface area (Å²) in [5.41, 5.74) is 2.07. The van der Waals surface area contributed by atoms with E-state index < -0.39 is 28.2 Å². The largest absolute Gasteiger partial charge is 0.502 e. The van der Waals surface area contributed by atoms with Gasteiger partial charge in [-0.25, -0.2) is 5.43 Å². The first kappa shape index (κ1) is 16.7. The van der Waals surface area contributed by atoms with Crippen LogP contribution in [0, 0.1) is 10.1 Å². The fraction of sp³-hybridized carbons (Fsp3) is 0.0714. The van der Waals surface area contributed by atoms with Crippen molar-refractivity contribution in [3.8, 4) is 5.75 Å². The number of nitro benzene ring substituents is 1. The van der Waals surface area contributed by atoms with E-state index in [2.05, 4.69) is 15.8 Å². The fourth-order valence-corrected chi connectivity index (χ4v) is 1.65. The van der Waals surface area contributed by atoms with Gasteiger partial charge in [-0.05, 0) is 29.8 Å². The Balaban J connectivity index is 1.83. The Morgan fingerprint density at radius 3 is 2.79 bits per heavy atom. The molecule has 2 amide bonds. The fourth-order valence-electron chi connectivity index (χ4n) is 1.65. The monoisotopic (exact) mass is 332 g/mol. The molecule has 1 aromatic heterocycles. The molecule has 0 aliphatic rings. The van der Waals surface area contributed by atoms with Gasteiger partial charge in [0.05, 0.1) is 23.9 Å². The van der Waals surface area contributed by atoms with Gasteiger partial charge in [0.1, 0.15) is 0 Å². The minimum Gasteiger partial charge on any atom is -0.502 e. The third-order valence-electron chi connectivity index (χ3n) is 2.75. The van der Waals surface area contributed by atoms with E-state index >= 15 is 0 Å². The normalized spacial score (nSPS) is 10.5. The number of nitro groups is 1. The number of hydrazone groups is 1. The van der Waals surface area contributed by atoms with Crippen LogP contribution in [-0.4, -0.2) is 34.6 Å². The molecule has 0 spiro atoms. The second kappa shape index (κ2) is 7.54. The molecule has 0 radical (unpaired) electrons. The minimum atomic E-state index is -0.722. The zero-order valence-corrected chi connectivity index (χ0v) is 12.1. The predicted molar refractivity (Wildman–Crippen MR) is 81.5 cm³/mol. The van der Waals surface area contributed by atoms with E-state index in [-0.39, 0.29) is 12.3 Å². The number of nitrogens with zero attached hydrogens (tertiary/aromatic N) is 2. The van der Waals surface area contributed by atoms with Crippen molar-refractivity contribution in [1.29, 1.82) is 0 Å². The number of benzene rings is 1. The summed E-state index contributed by atoms with van der Waals surface area (Å²) in [5, 5.41) is 26.0. The van der Waals surface area contributed by atoms with Crippen LogP contribution in [-0.2, 0) is 4.79 Å². The van der Waals surface area contributed by atoms with Gasteiger partial charge in [0, 0.05) is 6.07 Å². The maximum absolute atomic E-state index is 11.5. The third kappa shape index (κ3) is 4.40. The third-order valence-corrected chi connectivity index (χ3v) is 2.75. The van der Waals surface area contributed by atoms with Crippen LogP contribution in [0.4, 0.5) is 5.69 Å². The molecule has 0 saturated heterocycles. The zero-order chi connectivity index (χ0) is 17.5. The lowest BCUT2D eigenvalue weighted by atomic mass is 10.2. The minimum absolute atomic E-state index is 0.0765. The predicted octanol–water partition coefficient (Wildman–Crippen LogP) is 0.773. The smallest absolute Gasteiger partial charge is 0.310 e. The molecule has 1 aromatic carbocycles. The molecule has 2 aromatic rings. The summed E-state index contributed by atoms with van der Waals surface area (Å²) in [7, 11) is 0. The standard InChI is InChI=1S/C14H12N4O6/c19-11-6-9(3-4-10(11)18(22)23)7-16-17-13(20)8-15-14(21)12-2-1-5-24-12/h1-7,19H,8H2,(H,15,21)(H,17,20). The first-order chi connectivity index (χ1) is 11.5. The molecule has 1 heterocycles. The molecule has 10 heteroatoms. The summed E-state index contributed by atoms with van der Waals surface area (Å²) < 4.78 is 4.86. The van der Waals surface area contributed by atoms with Crippen LogP contribution >= 0.6 is 0 Å². The summed E-state index contributed by atoms with van der Waals surface area (Å²) in [6.07, 6.45) is 2.52. The number of hydrogen-bond acceptors (Lipinski definition) is 7. The topological polar surface area (TPSA) is 147 Å². The van der Waals surface area contributed by atoms with Gasteiger partial charge in [-0.1, -0.05) is 0 Å². The summed E-state index contributed by atoms with van der Waals surface area (Å²) in [6.45, 7) is -0.317. The number of aromatic hydroxyl groups is 1. The molecule has 3 N–H and O–H groups in total. The highest BCUT2D eigenvalue weighted by atomic mass is 16.6. The van der Waals surface area contributed by atoms with Crippen molar-refractivity contribution in [2.75, 3.05) is 6.54 Å². The Labute approximate surface area is 134 Å². The van der Waals surface area contributed by atoms with Gasteiger partial charge in [0.25, 0.3) is 11.8 Å². The zero-order valence-electron chi connectivity index (χ0n) is 12.1. The van der Waals surface area contributed by atoms with Crippen LogP contribution in [0.15, 0.2) is 46.1 Å². The molecule has 2 rings (SSSR count). The molecule has 0 unspecified atom stereocenters. The van der Waals surface area contributed by atoms with E-state index in [1.54, 1.807) is 6.07 Å². The number of carbonyl (C=O) groups is 2. The molecule has 10 nitrogen and oxygen atoms in total. The van der Waals surface area contributed by atoms with Crippen molar-refractivity contribution in [3.05, 3.63) is 58.0 Å². The molecule has 0 saturated carbocycles. The molecule has 0 aliphatic heterocycles. The van der Waals surface area contributed by atoms with Gasteiger partial charge in [-0.2, -0.15) is 5.10 Å². The number of hydrogen-bond donors (Lipinski definition) is 3. The second-order valence-electron chi connectivity index (χ2n) is 4.46. The average molecular weight is 332 g/mol. The highest BCUT2D eigenvalue weighted by Gasteiger charge is 2.12. The number of furan rings is 1. The Hall–Kier alpha value is -3.69. The molecule has 24 heavy (non-hydrogen) atoms. The van der Waals surface area contributed by atoms with Gasteiger partial charge in [0.2, 0.25) is 0 Å². The second-order valence-corrected chi connectivity index (χ2v) is 4.46. The first-order valence-electron chi connectivity index (χ1n) is 6.58. The van der Waals surface area contributed by atoms with Gasteiger partial charge < -0.3 is 14.8 Å². The van der Waals surface area contributed by atoms with E-state index in [9.17, 15) is 24.8 Å². The van der Waals surface area contributed by atoms with Crippen LogP contribution in [0.5, 0.6) is 5.75 Å². The van der Waals surface area contributed by atoms with Crippen molar-refractivity contribution >= 4 is 23.7 Å².